The summed E-state index contributed by atoms with van der Waals surface area (Å²) in [6.07, 6.45) is 0.779. The highest BCUT2D eigenvalue weighted by atomic mass is 19.1. The molecule has 1 rings (SSSR count). The van der Waals surface area contributed by atoms with Crippen LogP contribution >= 0.6 is 0 Å². The van der Waals surface area contributed by atoms with Crippen LogP contribution in [0.5, 0.6) is 0 Å². The lowest BCUT2D eigenvalue weighted by Gasteiger charge is -2.31. The Kier molecular flexibility index (Phi) is 7.66. The molecule has 0 aliphatic heterocycles. The normalized spacial score (nSPS) is 12.1. The number of rotatable bonds is 7. The van der Waals surface area contributed by atoms with Crippen molar-refractivity contribution in [3.63, 3.8) is 0 Å². The zero-order valence-electron chi connectivity index (χ0n) is 16.8. The first-order valence-corrected chi connectivity index (χ1v) is 8.65. The highest BCUT2D eigenvalue weighted by Gasteiger charge is 2.30. The molecule has 28 heavy (non-hydrogen) atoms. The van der Waals surface area contributed by atoms with Gasteiger partial charge in [-0.3, -0.25) is 19.8 Å². The summed E-state index contributed by atoms with van der Waals surface area (Å²) < 4.78 is 19.4. The van der Waals surface area contributed by atoms with Crippen LogP contribution in [-0.4, -0.2) is 52.0 Å². The van der Waals surface area contributed by atoms with Gasteiger partial charge < -0.3 is 9.64 Å². The Hall–Kier alpha value is -2.97. The molecule has 0 aliphatic rings. The Morgan fingerprint density at radius 3 is 2.50 bits per heavy atom. The second kappa shape index (κ2) is 9.29. The van der Waals surface area contributed by atoms with Gasteiger partial charge in [0.1, 0.15) is 17.5 Å². The van der Waals surface area contributed by atoms with Gasteiger partial charge >= 0.3 is 6.09 Å². The van der Waals surface area contributed by atoms with Crippen molar-refractivity contribution >= 4 is 17.7 Å². The van der Waals surface area contributed by atoms with Gasteiger partial charge in [-0.2, -0.15) is 0 Å². The lowest BCUT2D eigenvalue weighted by atomic mass is 10.1. The number of carbonyl (C=O) groups is 2. The maximum Gasteiger partial charge on any atom is 0.410 e. The molecule has 1 aromatic rings. The molecule has 0 aliphatic carbocycles. The highest BCUT2D eigenvalue weighted by Crippen LogP contribution is 2.19. The topological polar surface area (TPSA) is 93.0 Å². The number of ether oxygens (including phenoxy) is 1. The van der Waals surface area contributed by atoms with Crippen molar-refractivity contribution in [1.29, 1.82) is 0 Å². The zero-order valence-corrected chi connectivity index (χ0v) is 16.8. The van der Waals surface area contributed by atoms with Crippen molar-refractivity contribution < 1.29 is 23.6 Å². The van der Waals surface area contributed by atoms with Gasteiger partial charge in [-0.05, 0) is 33.8 Å². The van der Waals surface area contributed by atoms with Crippen LogP contribution in [0.1, 0.15) is 33.3 Å². The predicted octanol–water partition coefficient (Wildman–Crippen LogP) is 3.50. The number of nitrogens with zero attached hydrogens (tertiary/aromatic N) is 3. The lowest BCUT2D eigenvalue weighted by Crippen LogP contribution is -2.49. The fraction of sp³-hybridized carbons (Fsp3) is 0.474. The van der Waals surface area contributed by atoms with E-state index in [-0.39, 0.29) is 24.3 Å². The number of nitro benzene ring substituents is 1. The Bertz CT molecular complexity index is 760. The standard InChI is InChI=1S/C19H26FN3O5/c1-7-10-22(12-14-11-15(23(26)27)8-9-16(14)20)17(24)13(2)21(6)18(25)28-19(3,4)5/h7-9,11,13H,1,10,12H2,2-6H3/t13-/m0/s1. The fourth-order valence-electron chi connectivity index (χ4n) is 2.31. The minimum absolute atomic E-state index is 0.00322. The third kappa shape index (κ3) is 6.33. The van der Waals surface area contributed by atoms with Crippen LogP contribution in [0.4, 0.5) is 14.9 Å². The maximum absolute atomic E-state index is 14.1. The van der Waals surface area contributed by atoms with Crippen LogP contribution < -0.4 is 0 Å². The van der Waals surface area contributed by atoms with E-state index in [1.807, 2.05) is 0 Å². The second-order valence-corrected chi connectivity index (χ2v) is 7.31. The number of hydrogen-bond acceptors (Lipinski definition) is 5. The number of amides is 2. The van der Waals surface area contributed by atoms with E-state index in [1.54, 1.807) is 20.8 Å². The number of hydrogen-bond donors (Lipinski definition) is 0. The van der Waals surface area contributed by atoms with Crippen LogP contribution in [0.2, 0.25) is 0 Å². The Morgan fingerprint density at radius 1 is 1.39 bits per heavy atom. The number of likely N-dealkylation sites (N-methyl/N-ethyl adjacent to an activating group) is 1. The molecule has 0 unspecified atom stereocenters. The van der Waals surface area contributed by atoms with E-state index in [9.17, 15) is 24.1 Å². The van der Waals surface area contributed by atoms with E-state index in [0.29, 0.717) is 0 Å². The van der Waals surface area contributed by atoms with Gasteiger partial charge in [-0.25, -0.2) is 9.18 Å². The number of benzene rings is 1. The molecule has 0 heterocycles. The molecule has 1 atom stereocenters. The Morgan fingerprint density at radius 2 is 2.00 bits per heavy atom. The summed E-state index contributed by atoms with van der Waals surface area (Å²) in [5.41, 5.74) is -1.00. The summed E-state index contributed by atoms with van der Waals surface area (Å²) in [5.74, 6) is -1.14. The average Bonchev–Trinajstić information content (AvgIpc) is 2.59. The molecule has 0 aromatic heterocycles. The molecule has 9 heteroatoms. The van der Waals surface area contributed by atoms with E-state index in [4.69, 9.17) is 4.74 Å². The lowest BCUT2D eigenvalue weighted by molar-refractivity contribution is -0.385. The monoisotopic (exact) mass is 395 g/mol. The van der Waals surface area contributed by atoms with Crippen molar-refractivity contribution in [3.05, 3.63) is 52.3 Å². The average molecular weight is 395 g/mol. The number of nitro groups is 1. The van der Waals surface area contributed by atoms with Crippen LogP contribution in [0.3, 0.4) is 0 Å². The molecule has 0 saturated carbocycles. The molecule has 0 saturated heterocycles. The molecule has 0 N–H and O–H groups in total. The van der Waals surface area contributed by atoms with Crippen molar-refractivity contribution in [1.82, 2.24) is 9.80 Å². The summed E-state index contributed by atoms with van der Waals surface area (Å²) in [4.78, 5) is 37.7. The van der Waals surface area contributed by atoms with E-state index in [2.05, 4.69) is 6.58 Å². The number of halogens is 1. The largest absolute Gasteiger partial charge is 0.444 e. The van der Waals surface area contributed by atoms with E-state index in [1.165, 1.54) is 24.9 Å². The number of carbonyl (C=O) groups excluding carboxylic acids is 2. The quantitative estimate of drug-likeness (QED) is 0.400. The molecular formula is C19H26FN3O5. The maximum atomic E-state index is 14.1. The summed E-state index contributed by atoms with van der Waals surface area (Å²) in [6, 6.07) is 2.23. The van der Waals surface area contributed by atoms with Crippen LogP contribution in [0.25, 0.3) is 0 Å². The van der Waals surface area contributed by atoms with Gasteiger partial charge in [0.2, 0.25) is 5.91 Å². The van der Waals surface area contributed by atoms with Crippen LogP contribution in [0, 0.1) is 15.9 Å². The van der Waals surface area contributed by atoms with Crippen LogP contribution in [-0.2, 0) is 16.1 Å². The van der Waals surface area contributed by atoms with Crippen LogP contribution in [0.15, 0.2) is 30.9 Å². The molecule has 2 amide bonds. The Labute approximate surface area is 163 Å². The fourth-order valence-corrected chi connectivity index (χ4v) is 2.31. The summed E-state index contributed by atoms with van der Waals surface area (Å²) in [6.45, 7) is 10.1. The SMILES string of the molecule is C=CCN(Cc1cc([N+](=O)[O-])ccc1F)C(=O)[C@H](C)N(C)C(=O)OC(C)(C)C. The minimum Gasteiger partial charge on any atom is -0.444 e. The summed E-state index contributed by atoms with van der Waals surface area (Å²) in [5, 5.41) is 10.9. The van der Waals surface area contributed by atoms with Crippen molar-refractivity contribution in [3.8, 4) is 0 Å². The molecule has 0 radical (unpaired) electrons. The van der Waals surface area contributed by atoms with Gasteiger partial charge in [0.05, 0.1) is 4.92 Å². The third-order valence-electron chi connectivity index (χ3n) is 3.88. The first-order chi connectivity index (χ1) is 12.9. The van der Waals surface area contributed by atoms with Gasteiger partial charge in [-0.15, -0.1) is 6.58 Å². The van der Waals surface area contributed by atoms with Gasteiger partial charge in [0.15, 0.2) is 0 Å². The molecule has 154 valence electrons. The van der Waals surface area contributed by atoms with Crippen molar-refractivity contribution in [2.75, 3.05) is 13.6 Å². The third-order valence-corrected chi connectivity index (χ3v) is 3.88. The van der Waals surface area contributed by atoms with Gasteiger partial charge in [0.25, 0.3) is 5.69 Å². The molecular weight excluding hydrogens is 369 g/mol. The van der Waals surface area contributed by atoms with Crippen molar-refractivity contribution in [2.24, 2.45) is 0 Å². The highest BCUT2D eigenvalue weighted by molar-refractivity contribution is 5.85. The van der Waals surface area contributed by atoms with Gasteiger partial charge in [-0.1, -0.05) is 6.08 Å². The Balaban J connectivity index is 3.03. The summed E-state index contributed by atoms with van der Waals surface area (Å²) >= 11 is 0. The van der Waals surface area contributed by atoms with E-state index in [0.717, 1.165) is 23.1 Å². The molecule has 0 fully saturated rings. The molecule has 8 nitrogen and oxygen atoms in total. The summed E-state index contributed by atoms with van der Waals surface area (Å²) in [7, 11) is 1.43. The molecule has 0 spiro atoms. The first kappa shape index (κ1) is 23.1. The van der Waals surface area contributed by atoms with Crippen molar-refractivity contribution in [2.45, 2.75) is 45.9 Å². The van der Waals surface area contributed by atoms with E-state index >= 15 is 0 Å². The molecule has 1 aromatic carbocycles. The van der Waals surface area contributed by atoms with E-state index < -0.39 is 34.4 Å². The second-order valence-electron chi connectivity index (χ2n) is 7.31. The minimum atomic E-state index is -0.892. The van der Waals surface area contributed by atoms with Gasteiger partial charge in [0, 0.05) is 37.8 Å². The predicted molar refractivity (Wildman–Crippen MR) is 102 cm³/mol. The smallest absolute Gasteiger partial charge is 0.410 e. The number of non-ortho nitro benzene ring substituents is 1. The molecule has 0 bridgehead atoms. The zero-order chi connectivity index (χ0) is 21.6. The first-order valence-electron chi connectivity index (χ1n) is 8.65.